The zero-order valence-corrected chi connectivity index (χ0v) is 23.2. The van der Waals surface area contributed by atoms with Crippen LogP contribution in [0.2, 0.25) is 0 Å². The molecule has 5 nitrogen and oxygen atoms in total. The van der Waals surface area contributed by atoms with Crippen LogP contribution in [0.25, 0.3) is 28.2 Å². The molecule has 0 N–H and O–H groups in total. The van der Waals surface area contributed by atoms with Gasteiger partial charge in [0.05, 0.1) is 18.0 Å². The number of benzene rings is 3. The average Bonchev–Trinajstić information content (AvgIpc) is 3.26. The zero-order chi connectivity index (χ0) is 24.5. The second-order valence-corrected chi connectivity index (χ2v) is 8.73. The van der Waals surface area contributed by atoms with Gasteiger partial charge in [-0.25, -0.2) is 0 Å². The number of aliphatic carboxylic acids is 1. The van der Waals surface area contributed by atoms with Crippen LogP contribution in [-0.2, 0) is 4.79 Å². The van der Waals surface area contributed by atoms with Crippen molar-refractivity contribution in [1.29, 1.82) is 0 Å². The fraction of sp³-hybridized carbons (Fsp3) is 0.267. The van der Waals surface area contributed by atoms with Crippen molar-refractivity contribution in [2.45, 2.75) is 45.4 Å². The third-order valence-corrected chi connectivity index (χ3v) is 5.99. The Morgan fingerprint density at radius 2 is 1.39 bits per heavy atom. The molecule has 0 fully saturated rings. The van der Waals surface area contributed by atoms with Gasteiger partial charge in [0.25, 0.3) is 0 Å². The monoisotopic (exact) mass is 490 g/mol. The minimum absolute atomic E-state index is 0. The Morgan fingerprint density at radius 1 is 0.806 bits per heavy atom. The molecular formula is C30H31N2NaO3. The number of rotatable bonds is 12. The molecule has 0 aliphatic heterocycles. The van der Waals surface area contributed by atoms with Crippen molar-refractivity contribution in [2.24, 2.45) is 0 Å². The van der Waals surface area contributed by atoms with Gasteiger partial charge >= 0.3 is 35.6 Å². The van der Waals surface area contributed by atoms with Crippen LogP contribution < -0.4 is 39.4 Å². The number of carboxylic acids is 1. The minimum atomic E-state index is -0.972. The standard InChI is InChI=1S/C30H32N2O3.Na/c1-23-18-20-26(21-19-23)32-29(25-15-9-6-10-16-25)28(24-13-7-5-8-14-24)31-30(32)35-22-12-4-2-3-11-17-27(33)34;/h5-10,13-16,18-21H,2-4,11-12,17,22H2,1H3,(H,33,34);/q;+1/p-1. The van der Waals surface area contributed by atoms with Crippen molar-refractivity contribution in [3.8, 4) is 34.2 Å². The van der Waals surface area contributed by atoms with E-state index in [1.54, 1.807) is 0 Å². The Morgan fingerprint density at radius 3 is 2.03 bits per heavy atom. The Labute approximate surface area is 235 Å². The third-order valence-electron chi connectivity index (χ3n) is 5.99. The smallest absolute Gasteiger partial charge is 0.550 e. The topological polar surface area (TPSA) is 67.2 Å². The molecular weight excluding hydrogens is 459 g/mol. The van der Waals surface area contributed by atoms with Crippen molar-refractivity contribution >= 4 is 5.97 Å². The number of aryl methyl sites for hydroxylation is 1. The number of imidazole rings is 1. The second-order valence-electron chi connectivity index (χ2n) is 8.73. The van der Waals surface area contributed by atoms with Crippen LogP contribution in [0.3, 0.4) is 0 Å². The molecule has 6 heteroatoms. The fourth-order valence-electron chi connectivity index (χ4n) is 4.15. The summed E-state index contributed by atoms with van der Waals surface area (Å²) < 4.78 is 8.39. The number of aromatic nitrogens is 2. The van der Waals surface area contributed by atoms with E-state index in [1.807, 2.05) is 36.4 Å². The molecule has 0 atom stereocenters. The molecule has 3 aromatic carbocycles. The van der Waals surface area contributed by atoms with Gasteiger partial charge in [-0.15, -0.1) is 0 Å². The SMILES string of the molecule is Cc1ccc(-n2c(OCCCCCCCC(=O)[O-])nc(-c3ccccc3)c2-c2ccccc2)cc1.[Na+]. The van der Waals surface area contributed by atoms with E-state index in [0.717, 1.165) is 53.9 Å². The van der Waals surface area contributed by atoms with Crippen LogP contribution in [0, 0.1) is 6.92 Å². The average molecular weight is 491 g/mol. The van der Waals surface area contributed by atoms with Crippen LogP contribution in [0.1, 0.15) is 44.1 Å². The summed E-state index contributed by atoms with van der Waals surface area (Å²) in [7, 11) is 0. The molecule has 0 bridgehead atoms. The van der Waals surface area contributed by atoms with Gasteiger partial charge in [-0.05, 0) is 38.3 Å². The van der Waals surface area contributed by atoms with Crippen LogP contribution in [0.5, 0.6) is 6.01 Å². The van der Waals surface area contributed by atoms with Crippen LogP contribution in [0.15, 0.2) is 84.9 Å². The number of carbonyl (C=O) groups is 1. The summed E-state index contributed by atoms with van der Waals surface area (Å²) in [6.07, 6.45) is 4.54. The first-order chi connectivity index (χ1) is 17.1. The molecule has 1 aromatic heterocycles. The molecule has 4 aromatic rings. The van der Waals surface area contributed by atoms with Crippen molar-refractivity contribution in [1.82, 2.24) is 9.55 Å². The summed E-state index contributed by atoms with van der Waals surface area (Å²) in [5.74, 6) is -0.972. The molecule has 0 amide bonds. The molecule has 0 radical (unpaired) electrons. The Bertz CT molecular complexity index is 1220. The summed E-state index contributed by atoms with van der Waals surface area (Å²) in [6.45, 7) is 2.63. The summed E-state index contributed by atoms with van der Waals surface area (Å²) in [4.78, 5) is 15.5. The van der Waals surface area contributed by atoms with E-state index in [9.17, 15) is 9.90 Å². The predicted molar refractivity (Wildman–Crippen MR) is 137 cm³/mol. The molecule has 0 spiro atoms. The molecule has 0 saturated carbocycles. The maximum Gasteiger partial charge on any atom is 1.00 e. The van der Waals surface area contributed by atoms with E-state index < -0.39 is 5.97 Å². The van der Waals surface area contributed by atoms with Gasteiger partial charge in [0.15, 0.2) is 0 Å². The molecule has 1 heterocycles. The maximum absolute atomic E-state index is 10.6. The molecule has 0 aliphatic rings. The minimum Gasteiger partial charge on any atom is -0.550 e. The first-order valence-corrected chi connectivity index (χ1v) is 12.3. The van der Waals surface area contributed by atoms with Gasteiger partial charge in [0.1, 0.15) is 5.69 Å². The van der Waals surface area contributed by atoms with E-state index in [0.29, 0.717) is 19.0 Å². The number of hydrogen-bond acceptors (Lipinski definition) is 4. The molecule has 0 aliphatic carbocycles. The van der Waals surface area contributed by atoms with E-state index in [2.05, 4.69) is 60.0 Å². The Balaban J connectivity index is 0.00000361. The summed E-state index contributed by atoms with van der Waals surface area (Å²) in [5.41, 5.74) is 6.19. The van der Waals surface area contributed by atoms with Gasteiger partial charge in [0.2, 0.25) is 0 Å². The quantitative estimate of drug-likeness (QED) is 0.226. The van der Waals surface area contributed by atoms with Gasteiger partial charge in [-0.3, -0.25) is 4.57 Å². The van der Waals surface area contributed by atoms with Crippen molar-refractivity contribution in [2.75, 3.05) is 6.61 Å². The molecule has 0 unspecified atom stereocenters. The van der Waals surface area contributed by atoms with Gasteiger partial charge in [0, 0.05) is 17.1 Å². The number of unbranched alkanes of at least 4 members (excludes halogenated alkanes) is 4. The number of hydrogen-bond donors (Lipinski definition) is 0. The van der Waals surface area contributed by atoms with Gasteiger partial charge < -0.3 is 14.6 Å². The Kier molecular flexibility index (Phi) is 10.8. The molecule has 0 saturated heterocycles. The molecule has 4 rings (SSSR count). The Hall–Kier alpha value is -2.86. The number of nitrogens with zero attached hydrogens (tertiary/aromatic N) is 2. The number of carboxylic acid groups (broad SMARTS) is 1. The zero-order valence-electron chi connectivity index (χ0n) is 21.2. The van der Waals surface area contributed by atoms with Crippen LogP contribution in [-0.4, -0.2) is 22.1 Å². The number of ether oxygens (including phenoxy) is 1. The maximum atomic E-state index is 10.6. The van der Waals surface area contributed by atoms with E-state index >= 15 is 0 Å². The van der Waals surface area contributed by atoms with E-state index in [1.165, 1.54) is 5.56 Å². The predicted octanol–water partition coefficient (Wildman–Crippen LogP) is 2.99. The van der Waals surface area contributed by atoms with E-state index in [4.69, 9.17) is 9.72 Å². The molecule has 180 valence electrons. The van der Waals surface area contributed by atoms with Crippen molar-refractivity contribution in [3.63, 3.8) is 0 Å². The van der Waals surface area contributed by atoms with Crippen molar-refractivity contribution in [3.05, 3.63) is 90.5 Å². The van der Waals surface area contributed by atoms with Gasteiger partial charge in [-0.2, -0.15) is 4.98 Å². The first kappa shape index (κ1) is 27.7. The largest absolute Gasteiger partial charge is 1.00 e. The molecule has 36 heavy (non-hydrogen) atoms. The summed E-state index contributed by atoms with van der Waals surface area (Å²) in [5, 5.41) is 10.6. The van der Waals surface area contributed by atoms with E-state index in [-0.39, 0.29) is 36.0 Å². The summed E-state index contributed by atoms with van der Waals surface area (Å²) in [6, 6.07) is 29.5. The van der Waals surface area contributed by atoms with Crippen molar-refractivity contribution < 1.29 is 44.2 Å². The van der Waals surface area contributed by atoms with Crippen LogP contribution >= 0.6 is 0 Å². The fourth-order valence-corrected chi connectivity index (χ4v) is 4.15. The normalized spacial score (nSPS) is 10.6. The third kappa shape index (κ3) is 7.33. The van der Waals surface area contributed by atoms with Gasteiger partial charge in [-0.1, -0.05) is 97.6 Å². The number of carbonyl (C=O) groups excluding carboxylic acids is 1. The van der Waals surface area contributed by atoms with Crippen LogP contribution in [0.4, 0.5) is 0 Å². The second kappa shape index (κ2) is 14.0. The summed E-state index contributed by atoms with van der Waals surface area (Å²) >= 11 is 0. The first-order valence-electron chi connectivity index (χ1n) is 12.3.